The van der Waals surface area contributed by atoms with E-state index in [9.17, 15) is 14.0 Å². The van der Waals surface area contributed by atoms with Crippen LogP contribution in [-0.2, 0) is 9.53 Å². The zero-order chi connectivity index (χ0) is 22.6. The molecule has 5 nitrogen and oxygen atoms in total. The number of methoxy groups -OCH3 is 1. The Morgan fingerprint density at radius 1 is 1.10 bits per heavy atom. The number of benzene rings is 2. The highest BCUT2D eigenvalue weighted by Crippen LogP contribution is 2.27. The average Bonchev–Trinajstić information content (AvgIpc) is 2.79. The number of rotatable bonds is 10. The first-order chi connectivity index (χ1) is 15.0. The molecule has 0 saturated heterocycles. The largest absolute Gasteiger partial charge is 0.466 e. The topological polar surface area (TPSA) is 58.6 Å². The van der Waals surface area contributed by atoms with Gasteiger partial charge in [-0.1, -0.05) is 56.9 Å². The average molecular weight is 427 g/mol. The third-order valence-corrected chi connectivity index (χ3v) is 5.01. The van der Waals surface area contributed by atoms with Crippen molar-refractivity contribution in [3.63, 3.8) is 0 Å². The van der Waals surface area contributed by atoms with Gasteiger partial charge in [-0.3, -0.25) is 4.90 Å². The molecule has 0 fully saturated rings. The van der Waals surface area contributed by atoms with E-state index >= 15 is 0 Å². The third-order valence-electron chi connectivity index (χ3n) is 5.01. The van der Waals surface area contributed by atoms with Crippen LogP contribution in [0.1, 0.15) is 44.6 Å². The number of unbranched alkanes of at least 4 members (excludes halogenated alkanes) is 4. The first-order valence-electron chi connectivity index (χ1n) is 10.6. The first kappa shape index (κ1) is 24.1. The molecule has 2 aromatic carbocycles. The van der Waals surface area contributed by atoms with Crippen LogP contribution in [0.2, 0.25) is 0 Å². The molecule has 2 amide bonds. The molecule has 166 valence electrons. The minimum Gasteiger partial charge on any atom is -0.466 e. The zero-order valence-corrected chi connectivity index (χ0v) is 18.5. The summed E-state index contributed by atoms with van der Waals surface area (Å²) in [5.74, 6) is -0.914. The van der Waals surface area contributed by atoms with E-state index in [4.69, 9.17) is 0 Å². The molecule has 1 N–H and O–H groups in total. The molecule has 2 aromatic rings. The summed E-state index contributed by atoms with van der Waals surface area (Å²) in [5.41, 5.74) is 2.31. The number of halogens is 1. The minimum absolute atomic E-state index is 0.184. The summed E-state index contributed by atoms with van der Waals surface area (Å²) in [6.45, 7) is 2.81. The molecule has 0 aliphatic rings. The van der Waals surface area contributed by atoms with Crippen molar-refractivity contribution >= 4 is 23.8 Å². The van der Waals surface area contributed by atoms with Crippen LogP contribution in [0.3, 0.4) is 0 Å². The van der Waals surface area contributed by atoms with Crippen LogP contribution < -0.4 is 10.2 Å². The summed E-state index contributed by atoms with van der Waals surface area (Å²) in [6.07, 6.45) is 8.41. The van der Waals surface area contributed by atoms with E-state index in [0.717, 1.165) is 12.8 Å². The number of hydrogen-bond acceptors (Lipinski definition) is 3. The Bertz CT molecular complexity index is 911. The smallest absolute Gasteiger partial charge is 0.330 e. The van der Waals surface area contributed by atoms with Crippen molar-refractivity contribution in [2.24, 2.45) is 0 Å². The van der Waals surface area contributed by atoms with Gasteiger partial charge in [-0.05, 0) is 41.8 Å². The summed E-state index contributed by atoms with van der Waals surface area (Å²) in [5, 5.41) is 2.93. The standard InChI is InChI=1S/C25H31FN2O3/c1-4-5-6-7-8-16-27-25(30)28(2)21-11-9-10-20(18-21)22-14-12-19(17-23(22)26)13-15-24(29)31-3/h9-15,17-18H,4-8,16H2,1-3H3,(H,27,30)/b15-13+. The molecule has 0 spiro atoms. The lowest BCUT2D eigenvalue weighted by molar-refractivity contribution is -0.134. The molecule has 0 aliphatic carbocycles. The van der Waals surface area contributed by atoms with Crippen LogP contribution in [0.5, 0.6) is 0 Å². The zero-order valence-electron chi connectivity index (χ0n) is 18.5. The Kier molecular flexibility index (Phi) is 9.75. The highest BCUT2D eigenvalue weighted by atomic mass is 19.1. The maximum absolute atomic E-state index is 14.7. The molecule has 0 heterocycles. The monoisotopic (exact) mass is 426 g/mol. The van der Waals surface area contributed by atoms with Crippen LogP contribution in [0.4, 0.5) is 14.9 Å². The Morgan fingerprint density at radius 3 is 2.58 bits per heavy atom. The predicted molar refractivity (Wildman–Crippen MR) is 123 cm³/mol. The number of amides is 2. The van der Waals surface area contributed by atoms with E-state index in [1.807, 2.05) is 6.07 Å². The van der Waals surface area contributed by atoms with E-state index in [-0.39, 0.29) is 6.03 Å². The van der Waals surface area contributed by atoms with E-state index < -0.39 is 11.8 Å². The number of hydrogen-bond donors (Lipinski definition) is 1. The van der Waals surface area contributed by atoms with E-state index in [0.29, 0.717) is 28.9 Å². The highest BCUT2D eigenvalue weighted by Gasteiger charge is 2.12. The first-order valence-corrected chi connectivity index (χ1v) is 10.6. The van der Waals surface area contributed by atoms with Gasteiger partial charge < -0.3 is 10.1 Å². The van der Waals surface area contributed by atoms with E-state index in [1.165, 1.54) is 49.5 Å². The second kappa shape index (κ2) is 12.5. The Hall–Kier alpha value is -3.15. The molecule has 0 aliphatic heterocycles. The lowest BCUT2D eigenvalue weighted by Crippen LogP contribution is -2.37. The third kappa shape index (κ3) is 7.55. The molecule has 0 bridgehead atoms. The predicted octanol–water partition coefficient (Wildman–Crippen LogP) is 5.80. The molecule has 0 saturated carbocycles. The van der Waals surface area contributed by atoms with Crippen molar-refractivity contribution in [3.05, 3.63) is 59.9 Å². The van der Waals surface area contributed by atoms with Crippen LogP contribution in [-0.4, -0.2) is 32.7 Å². The van der Waals surface area contributed by atoms with E-state index in [2.05, 4.69) is 17.0 Å². The lowest BCUT2D eigenvalue weighted by atomic mass is 10.0. The van der Waals surface area contributed by atoms with Crippen LogP contribution in [0.25, 0.3) is 17.2 Å². The molecule has 0 radical (unpaired) electrons. The van der Waals surface area contributed by atoms with Gasteiger partial charge in [-0.15, -0.1) is 0 Å². The number of esters is 1. The summed E-state index contributed by atoms with van der Waals surface area (Å²) in [6, 6.07) is 11.7. The van der Waals surface area contributed by atoms with Crippen molar-refractivity contribution in [2.75, 3.05) is 25.6 Å². The van der Waals surface area contributed by atoms with Gasteiger partial charge in [0.1, 0.15) is 5.82 Å². The molecule has 31 heavy (non-hydrogen) atoms. The molecule has 2 rings (SSSR count). The number of nitrogens with zero attached hydrogens (tertiary/aromatic N) is 1. The number of carbonyl (C=O) groups excluding carboxylic acids is 2. The SMILES string of the molecule is CCCCCCCNC(=O)N(C)c1cccc(-c2ccc(/C=C/C(=O)OC)cc2F)c1. The number of carbonyl (C=O) groups is 2. The fourth-order valence-electron chi connectivity index (χ4n) is 3.14. The number of ether oxygens (including phenoxy) is 1. The molecule has 0 atom stereocenters. The molecule has 6 heteroatoms. The maximum Gasteiger partial charge on any atom is 0.330 e. The van der Waals surface area contributed by atoms with Crippen molar-refractivity contribution < 1.29 is 18.7 Å². The molecular formula is C25H31FN2O3. The Balaban J connectivity index is 2.04. The van der Waals surface area contributed by atoms with Gasteiger partial charge in [-0.25, -0.2) is 14.0 Å². The van der Waals surface area contributed by atoms with E-state index in [1.54, 1.807) is 37.4 Å². The van der Waals surface area contributed by atoms with Gasteiger partial charge >= 0.3 is 12.0 Å². The molecule has 0 aromatic heterocycles. The summed E-state index contributed by atoms with van der Waals surface area (Å²) in [7, 11) is 2.98. The van der Waals surface area contributed by atoms with Crippen molar-refractivity contribution in [1.29, 1.82) is 0 Å². The Labute approximate surface area is 183 Å². The fourth-order valence-corrected chi connectivity index (χ4v) is 3.14. The van der Waals surface area contributed by atoms with Gasteiger partial charge in [0, 0.05) is 30.9 Å². The number of nitrogens with one attached hydrogen (secondary N) is 1. The van der Waals surface area contributed by atoms with Crippen molar-refractivity contribution in [2.45, 2.75) is 39.0 Å². The maximum atomic E-state index is 14.7. The summed E-state index contributed by atoms with van der Waals surface area (Å²) >= 11 is 0. The van der Waals surface area contributed by atoms with Gasteiger partial charge in [0.05, 0.1) is 7.11 Å². The normalized spacial score (nSPS) is 10.8. The molecule has 0 unspecified atom stereocenters. The highest BCUT2D eigenvalue weighted by molar-refractivity contribution is 5.92. The van der Waals surface area contributed by atoms with Crippen molar-refractivity contribution in [1.82, 2.24) is 5.32 Å². The second-order valence-corrected chi connectivity index (χ2v) is 7.35. The summed E-state index contributed by atoms with van der Waals surface area (Å²) < 4.78 is 19.2. The van der Waals surface area contributed by atoms with Gasteiger partial charge in [0.25, 0.3) is 0 Å². The van der Waals surface area contributed by atoms with Gasteiger partial charge in [0.2, 0.25) is 0 Å². The summed E-state index contributed by atoms with van der Waals surface area (Å²) in [4.78, 5) is 25.2. The number of urea groups is 1. The van der Waals surface area contributed by atoms with Crippen molar-refractivity contribution in [3.8, 4) is 11.1 Å². The minimum atomic E-state index is -0.501. The Morgan fingerprint density at radius 2 is 1.87 bits per heavy atom. The number of anilines is 1. The van der Waals surface area contributed by atoms with Gasteiger partial charge in [0.15, 0.2) is 0 Å². The lowest BCUT2D eigenvalue weighted by Gasteiger charge is -2.19. The fraction of sp³-hybridized carbons (Fsp3) is 0.360. The van der Waals surface area contributed by atoms with Crippen LogP contribution in [0, 0.1) is 5.82 Å². The second-order valence-electron chi connectivity index (χ2n) is 7.35. The molecular weight excluding hydrogens is 395 g/mol. The van der Waals surface area contributed by atoms with Gasteiger partial charge in [-0.2, -0.15) is 0 Å². The quantitative estimate of drug-likeness (QED) is 0.297. The van der Waals surface area contributed by atoms with Crippen LogP contribution >= 0.6 is 0 Å². The van der Waals surface area contributed by atoms with Crippen LogP contribution in [0.15, 0.2) is 48.5 Å².